The zero-order valence-corrected chi connectivity index (χ0v) is 17.9. The van der Waals surface area contributed by atoms with Gasteiger partial charge in [0.25, 0.3) is 5.91 Å². The number of aromatic amines is 1. The fraction of sp³-hybridized carbons (Fsp3) is 0.409. The number of carbonyl (C=O) groups is 1. The van der Waals surface area contributed by atoms with E-state index in [1.807, 2.05) is 40.1 Å². The molecule has 0 aliphatic carbocycles. The van der Waals surface area contributed by atoms with Gasteiger partial charge in [0.2, 0.25) is 0 Å². The Morgan fingerprint density at radius 2 is 2.03 bits per heavy atom. The molecule has 1 saturated heterocycles. The third-order valence-corrected chi connectivity index (χ3v) is 5.78. The number of H-pyrrole nitrogens is 1. The van der Waals surface area contributed by atoms with Crippen molar-refractivity contribution in [1.82, 2.24) is 30.2 Å². The highest BCUT2D eigenvalue weighted by Gasteiger charge is 2.34. The molecule has 3 heterocycles. The first kappa shape index (κ1) is 22.1. The predicted molar refractivity (Wildman–Crippen MR) is 112 cm³/mol. The number of amides is 1. The van der Waals surface area contributed by atoms with E-state index in [1.54, 1.807) is 6.20 Å². The minimum absolute atomic E-state index is 0.146. The van der Waals surface area contributed by atoms with Crippen LogP contribution in [0.15, 0.2) is 42.6 Å². The molecule has 2 aromatic heterocycles. The van der Waals surface area contributed by atoms with Gasteiger partial charge in [0.15, 0.2) is 5.69 Å². The summed E-state index contributed by atoms with van der Waals surface area (Å²) in [5.41, 5.74) is 1.41. The second-order valence-corrected chi connectivity index (χ2v) is 8.22. The summed E-state index contributed by atoms with van der Waals surface area (Å²) in [4.78, 5) is 14.8. The van der Waals surface area contributed by atoms with Crippen molar-refractivity contribution in [3.8, 4) is 5.69 Å². The average molecular weight is 446 g/mol. The Labute approximate surface area is 183 Å². The van der Waals surface area contributed by atoms with E-state index in [-0.39, 0.29) is 18.2 Å². The Hall–Kier alpha value is -3.14. The van der Waals surface area contributed by atoms with E-state index < -0.39 is 17.8 Å². The molecule has 1 aliphatic heterocycles. The van der Waals surface area contributed by atoms with Crippen molar-refractivity contribution >= 4 is 5.91 Å². The maximum absolute atomic E-state index is 12.8. The highest BCUT2D eigenvalue weighted by molar-refractivity contribution is 5.92. The number of nitrogens with zero attached hydrogens (tertiary/aromatic N) is 4. The summed E-state index contributed by atoms with van der Waals surface area (Å²) in [6.07, 6.45) is -1.90. The average Bonchev–Trinajstić information content (AvgIpc) is 3.51. The van der Waals surface area contributed by atoms with Crippen LogP contribution in [0.4, 0.5) is 13.2 Å². The summed E-state index contributed by atoms with van der Waals surface area (Å²) in [7, 11) is 0. The van der Waals surface area contributed by atoms with Crippen LogP contribution >= 0.6 is 0 Å². The lowest BCUT2D eigenvalue weighted by Gasteiger charge is -2.21. The first-order chi connectivity index (χ1) is 15.2. The first-order valence-corrected chi connectivity index (χ1v) is 10.5. The molecule has 0 bridgehead atoms. The van der Waals surface area contributed by atoms with E-state index in [0.717, 1.165) is 36.5 Å². The summed E-state index contributed by atoms with van der Waals surface area (Å²) in [5.74, 6) is -0.445. The fourth-order valence-electron chi connectivity index (χ4n) is 4.07. The number of likely N-dealkylation sites (tertiary alicyclic amines) is 1. The molecule has 1 fully saturated rings. The van der Waals surface area contributed by atoms with Gasteiger partial charge in [-0.3, -0.25) is 9.89 Å². The molecule has 10 heteroatoms. The molecule has 7 nitrogen and oxygen atoms in total. The van der Waals surface area contributed by atoms with Gasteiger partial charge in [-0.25, -0.2) is 4.68 Å². The highest BCUT2D eigenvalue weighted by Crippen LogP contribution is 2.32. The van der Waals surface area contributed by atoms with E-state index in [2.05, 4.69) is 34.3 Å². The topological polar surface area (TPSA) is 78.8 Å². The molecule has 2 N–H and O–H groups in total. The zero-order chi connectivity index (χ0) is 22.9. The second kappa shape index (κ2) is 8.78. The zero-order valence-electron chi connectivity index (χ0n) is 17.9. The van der Waals surface area contributed by atoms with Gasteiger partial charge in [0.1, 0.15) is 5.69 Å². The van der Waals surface area contributed by atoms with Crippen LogP contribution in [-0.2, 0) is 12.7 Å². The van der Waals surface area contributed by atoms with Gasteiger partial charge in [-0.2, -0.15) is 23.4 Å². The smallest absolute Gasteiger partial charge is 0.346 e. The number of hydrogen-bond acceptors (Lipinski definition) is 4. The number of para-hydroxylation sites is 1. The molecule has 0 spiro atoms. The van der Waals surface area contributed by atoms with Crippen LogP contribution in [0, 0.1) is 0 Å². The minimum atomic E-state index is -4.58. The van der Waals surface area contributed by atoms with Crippen LogP contribution in [0.1, 0.15) is 53.6 Å². The Balaban J connectivity index is 1.56. The number of benzene rings is 1. The van der Waals surface area contributed by atoms with Crippen LogP contribution in [0.2, 0.25) is 0 Å². The van der Waals surface area contributed by atoms with Gasteiger partial charge in [-0.05, 0) is 38.9 Å². The van der Waals surface area contributed by atoms with Crippen molar-refractivity contribution in [1.29, 1.82) is 0 Å². The van der Waals surface area contributed by atoms with Crippen molar-refractivity contribution in [2.75, 3.05) is 13.1 Å². The number of hydrogen-bond donors (Lipinski definition) is 2. The molecular formula is C22H25F3N6O. The predicted octanol–water partition coefficient (Wildman–Crippen LogP) is 3.74. The lowest BCUT2D eigenvalue weighted by molar-refractivity contribution is -0.141. The van der Waals surface area contributed by atoms with E-state index in [4.69, 9.17) is 0 Å². The fourth-order valence-corrected chi connectivity index (χ4v) is 4.07. The van der Waals surface area contributed by atoms with Gasteiger partial charge in [0, 0.05) is 36.7 Å². The standard InChI is InChI=1S/C22H25F3N6O/c1-14(2)30-9-8-15(13-30)20-16(12-27-31(20)17-6-4-3-5-7-17)11-26-21(32)18-10-19(29-28-18)22(23,24)25/h3-7,10,12,14-15H,8-9,11,13H2,1-2H3,(H,26,32)(H,28,29)/t15-/m1/s1. The lowest BCUT2D eigenvalue weighted by atomic mass is 10.00. The summed E-state index contributed by atoms with van der Waals surface area (Å²) < 4.78 is 40.2. The molecule has 4 rings (SSSR count). The largest absolute Gasteiger partial charge is 0.432 e. The molecule has 1 aromatic carbocycles. The summed E-state index contributed by atoms with van der Waals surface area (Å²) in [6, 6.07) is 10.9. The van der Waals surface area contributed by atoms with Crippen LogP contribution in [0.3, 0.4) is 0 Å². The van der Waals surface area contributed by atoms with Crippen LogP contribution in [-0.4, -0.2) is 49.9 Å². The number of halogens is 3. The molecule has 1 amide bonds. The normalized spacial score (nSPS) is 17.2. The quantitative estimate of drug-likeness (QED) is 0.605. The number of nitrogens with one attached hydrogen (secondary N) is 2. The first-order valence-electron chi connectivity index (χ1n) is 10.5. The van der Waals surface area contributed by atoms with Crippen molar-refractivity contribution < 1.29 is 18.0 Å². The van der Waals surface area contributed by atoms with Gasteiger partial charge < -0.3 is 10.2 Å². The third kappa shape index (κ3) is 4.55. The highest BCUT2D eigenvalue weighted by atomic mass is 19.4. The molecule has 3 aromatic rings. The Bertz CT molecular complexity index is 1070. The van der Waals surface area contributed by atoms with Gasteiger partial charge >= 0.3 is 6.18 Å². The molecule has 0 saturated carbocycles. The number of aromatic nitrogens is 4. The maximum atomic E-state index is 12.8. The van der Waals surface area contributed by atoms with Crippen LogP contribution in [0.25, 0.3) is 5.69 Å². The van der Waals surface area contributed by atoms with Crippen molar-refractivity contribution in [3.05, 3.63) is 65.2 Å². The summed E-state index contributed by atoms with van der Waals surface area (Å²) in [6.45, 7) is 6.33. The van der Waals surface area contributed by atoms with Crippen molar-refractivity contribution in [2.45, 2.75) is 44.9 Å². The molecule has 1 atom stereocenters. The van der Waals surface area contributed by atoms with Gasteiger partial charge in [0.05, 0.1) is 17.6 Å². The Kier molecular flexibility index (Phi) is 6.05. The van der Waals surface area contributed by atoms with E-state index in [0.29, 0.717) is 12.1 Å². The molecule has 0 unspecified atom stereocenters. The maximum Gasteiger partial charge on any atom is 0.432 e. The molecule has 32 heavy (non-hydrogen) atoms. The Morgan fingerprint density at radius 1 is 1.28 bits per heavy atom. The summed E-state index contributed by atoms with van der Waals surface area (Å²) in [5, 5.41) is 12.6. The monoisotopic (exact) mass is 446 g/mol. The number of carbonyl (C=O) groups excluding carboxylic acids is 1. The molecular weight excluding hydrogens is 421 g/mol. The summed E-state index contributed by atoms with van der Waals surface area (Å²) >= 11 is 0. The van der Waals surface area contributed by atoms with E-state index in [9.17, 15) is 18.0 Å². The SMILES string of the molecule is CC(C)N1CC[C@@H](c2c(CNC(=O)c3cc(C(F)(F)F)[nH]n3)cnn2-c2ccccc2)C1. The molecule has 0 radical (unpaired) electrons. The number of rotatable bonds is 6. The lowest BCUT2D eigenvalue weighted by Crippen LogP contribution is -2.28. The van der Waals surface area contributed by atoms with Gasteiger partial charge in [-0.15, -0.1) is 0 Å². The van der Waals surface area contributed by atoms with Crippen molar-refractivity contribution in [2.24, 2.45) is 0 Å². The number of alkyl halides is 3. The third-order valence-electron chi connectivity index (χ3n) is 5.78. The molecule has 170 valence electrons. The second-order valence-electron chi connectivity index (χ2n) is 8.22. The van der Waals surface area contributed by atoms with Crippen molar-refractivity contribution in [3.63, 3.8) is 0 Å². The van der Waals surface area contributed by atoms with E-state index >= 15 is 0 Å². The molecule has 1 aliphatic rings. The van der Waals surface area contributed by atoms with E-state index in [1.165, 1.54) is 0 Å². The Morgan fingerprint density at radius 3 is 2.66 bits per heavy atom. The van der Waals surface area contributed by atoms with Gasteiger partial charge in [-0.1, -0.05) is 18.2 Å². The van der Waals surface area contributed by atoms with Crippen LogP contribution in [0.5, 0.6) is 0 Å². The minimum Gasteiger partial charge on any atom is -0.346 e. The van der Waals surface area contributed by atoms with Crippen LogP contribution < -0.4 is 5.32 Å².